The maximum atomic E-state index is 13.1. The number of ketones is 1. The minimum absolute atomic E-state index is 0.116. The number of thiocarbonyl (C=S) groups is 1. The second-order valence-corrected chi connectivity index (χ2v) is 11.3. The highest BCUT2D eigenvalue weighted by atomic mass is 32.2. The van der Waals surface area contributed by atoms with E-state index in [1.807, 2.05) is 24.3 Å². The third-order valence-electron chi connectivity index (χ3n) is 6.44. The van der Waals surface area contributed by atoms with Gasteiger partial charge in [0.15, 0.2) is 5.78 Å². The van der Waals surface area contributed by atoms with Crippen molar-refractivity contribution in [3.05, 3.63) is 65.7 Å². The van der Waals surface area contributed by atoms with E-state index < -0.39 is 5.25 Å². The molecule has 0 aromatic heterocycles. The standard InChI is InChI=1S/C28H30N2O4S2/c1-18-14-19(2)17-29(16-18)28(35)36-25-15-26(32)30(27(25)33)22-11-8-20(9-12-22)23(31)13-10-21-6-4-5-7-24(21)34-3/h4-13,18-19,25H,14-17H2,1-3H3. The van der Waals surface area contributed by atoms with Crippen LogP contribution in [0.1, 0.15) is 42.6 Å². The molecule has 0 N–H and O–H groups in total. The number of amides is 2. The van der Waals surface area contributed by atoms with E-state index in [1.54, 1.807) is 37.5 Å². The van der Waals surface area contributed by atoms with Gasteiger partial charge in [0.05, 0.1) is 12.8 Å². The lowest BCUT2D eigenvalue weighted by Crippen LogP contribution is -2.41. The molecule has 2 aromatic carbocycles. The minimum atomic E-state index is -0.525. The van der Waals surface area contributed by atoms with E-state index in [1.165, 1.54) is 29.2 Å². The Labute approximate surface area is 221 Å². The Morgan fingerprint density at radius 3 is 2.39 bits per heavy atom. The van der Waals surface area contributed by atoms with Gasteiger partial charge in [-0.3, -0.25) is 14.4 Å². The highest BCUT2D eigenvalue weighted by Crippen LogP contribution is 2.33. The van der Waals surface area contributed by atoms with Crippen LogP contribution in [0.15, 0.2) is 54.6 Å². The van der Waals surface area contributed by atoms with Gasteiger partial charge in [0.25, 0.3) is 0 Å². The summed E-state index contributed by atoms with van der Waals surface area (Å²) in [5.74, 6) is 1.08. The Morgan fingerprint density at radius 1 is 1.06 bits per heavy atom. The zero-order valence-electron chi connectivity index (χ0n) is 20.7. The summed E-state index contributed by atoms with van der Waals surface area (Å²) < 4.78 is 5.99. The third kappa shape index (κ3) is 5.87. The van der Waals surface area contributed by atoms with Crippen LogP contribution in [0.4, 0.5) is 5.69 Å². The average Bonchev–Trinajstić information content (AvgIpc) is 3.14. The van der Waals surface area contributed by atoms with Crippen molar-refractivity contribution >= 4 is 57.7 Å². The van der Waals surface area contributed by atoms with Gasteiger partial charge in [-0.25, -0.2) is 4.90 Å². The van der Waals surface area contributed by atoms with Gasteiger partial charge in [-0.15, -0.1) is 0 Å². The maximum absolute atomic E-state index is 13.1. The van der Waals surface area contributed by atoms with Gasteiger partial charge in [0.2, 0.25) is 11.8 Å². The molecule has 2 aliphatic rings. The number of likely N-dealkylation sites (tertiary alicyclic amines) is 1. The van der Waals surface area contributed by atoms with Crippen molar-refractivity contribution in [2.45, 2.75) is 31.9 Å². The van der Waals surface area contributed by atoms with Gasteiger partial charge < -0.3 is 9.64 Å². The van der Waals surface area contributed by atoms with Gasteiger partial charge in [0.1, 0.15) is 15.3 Å². The quantitative estimate of drug-likeness (QED) is 0.223. The molecule has 6 nitrogen and oxygen atoms in total. The SMILES string of the molecule is COc1ccccc1C=CC(=O)c1ccc(N2C(=O)CC(SC(=S)N3CC(C)CC(C)C3)C2=O)cc1. The number of allylic oxidation sites excluding steroid dienone is 1. The van der Waals surface area contributed by atoms with Crippen molar-refractivity contribution in [3.63, 3.8) is 0 Å². The fourth-order valence-electron chi connectivity index (χ4n) is 4.82. The number of para-hydroxylation sites is 1. The van der Waals surface area contributed by atoms with Crippen LogP contribution in [0, 0.1) is 11.8 Å². The van der Waals surface area contributed by atoms with Gasteiger partial charge in [0, 0.05) is 30.6 Å². The second-order valence-electron chi connectivity index (χ2n) is 9.48. The van der Waals surface area contributed by atoms with Gasteiger partial charge in [-0.05, 0) is 60.7 Å². The van der Waals surface area contributed by atoms with E-state index in [2.05, 4.69) is 18.7 Å². The van der Waals surface area contributed by atoms with Crippen LogP contribution < -0.4 is 9.64 Å². The van der Waals surface area contributed by atoms with Gasteiger partial charge >= 0.3 is 0 Å². The number of carbonyl (C=O) groups is 3. The number of rotatable bonds is 6. The molecule has 2 heterocycles. The number of anilines is 1. The van der Waals surface area contributed by atoms with E-state index in [4.69, 9.17) is 17.0 Å². The summed E-state index contributed by atoms with van der Waals surface area (Å²) >= 11 is 6.96. The van der Waals surface area contributed by atoms with Crippen LogP contribution in [0.2, 0.25) is 0 Å². The first kappa shape index (κ1) is 26.1. The number of nitrogens with zero attached hydrogens (tertiary/aromatic N) is 2. The number of hydrogen-bond donors (Lipinski definition) is 0. The van der Waals surface area contributed by atoms with Crippen LogP contribution in [-0.4, -0.2) is 52.3 Å². The van der Waals surface area contributed by atoms with Crippen molar-refractivity contribution in [2.24, 2.45) is 11.8 Å². The van der Waals surface area contributed by atoms with Crippen molar-refractivity contribution in [3.8, 4) is 5.75 Å². The van der Waals surface area contributed by atoms with Crippen molar-refractivity contribution in [2.75, 3.05) is 25.1 Å². The topological polar surface area (TPSA) is 66.9 Å². The van der Waals surface area contributed by atoms with E-state index in [9.17, 15) is 14.4 Å². The molecule has 2 fully saturated rings. The number of piperidine rings is 1. The lowest BCUT2D eigenvalue weighted by atomic mass is 9.92. The number of imide groups is 1. The number of carbonyl (C=O) groups excluding carboxylic acids is 3. The summed E-state index contributed by atoms with van der Waals surface area (Å²) in [4.78, 5) is 41.9. The Kier molecular flexibility index (Phi) is 8.26. The number of benzene rings is 2. The number of ether oxygens (including phenoxy) is 1. The summed E-state index contributed by atoms with van der Waals surface area (Å²) in [6.07, 6.45) is 4.48. The molecule has 4 rings (SSSR count). The fraction of sp³-hybridized carbons (Fsp3) is 0.357. The summed E-state index contributed by atoms with van der Waals surface area (Å²) in [6, 6.07) is 14.0. The molecule has 36 heavy (non-hydrogen) atoms. The molecule has 3 unspecified atom stereocenters. The molecule has 0 bridgehead atoms. The summed E-state index contributed by atoms with van der Waals surface area (Å²) in [6.45, 7) is 6.20. The highest BCUT2D eigenvalue weighted by molar-refractivity contribution is 8.23. The lowest BCUT2D eigenvalue weighted by Gasteiger charge is -2.36. The maximum Gasteiger partial charge on any atom is 0.247 e. The largest absolute Gasteiger partial charge is 0.496 e. The fourth-order valence-corrected chi connectivity index (χ4v) is 6.29. The molecule has 0 radical (unpaired) electrons. The average molecular weight is 523 g/mol. The van der Waals surface area contributed by atoms with E-state index in [0.29, 0.717) is 33.2 Å². The zero-order valence-corrected chi connectivity index (χ0v) is 22.3. The Bertz CT molecular complexity index is 1180. The first-order valence-corrected chi connectivity index (χ1v) is 13.3. The van der Waals surface area contributed by atoms with E-state index in [-0.39, 0.29) is 24.0 Å². The highest BCUT2D eigenvalue weighted by Gasteiger charge is 2.41. The molecule has 2 saturated heterocycles. The minimum Gasteiger partial charge on any atom is -0.496 e. The lowest BCUT2D eigenvalue weighted by molar-refractivity contribution is -0.121. The van der Waals surface area contributed by atoms with Crippen LogP contribution in [0.3, 0.4) is 0 Å². The van der Waals surface area contributed by atoms with Crippen LogP contribution in [-0.2, 0) is 9.59 Å². The van der Waals surface area contributed by atoms with Crippen LogP contribution >= 0.6 is 24.0 Å². The first-order chi connectivity index (χ1) is 17.3. The Balaban J connectivity index is 1.40. The molecule has 3 atom stereocenters. The van der Waals surface area contributed by atoms with Crippen molar-refractivity contribution in [1.82, 2.24) is 4.90 Å². The van der Waals surface area contributed by atoms with E-state index >= 15 is 0 Å². The molecule has 0 aliphatic carbocycles. The predicted molar refractivity (Wildman–Crippen MR) is 148 cm³/mol. The molecule has 0 spiro atoms. The molecule has 0 saturated carbocycles. The van der Waals surface area contributed by atoms with Gasteiger partial charge in [-0.2, -0.15) is 0 Å². The monoisotopic (exact) mass is 522 g/mol. The summed E-state index contributed by atoms with van der Waals surface area (Å²) in [5, 5.41) is -0.525. The zero-order chi connectivity index (χ0) is 25.8. The molecule has 2 aliphatic heterocycles. The van der Waals surface area contributed by atoms with Crippen molar-refractivity contribution < 1.29 is 19.1 Å². The summed E-state index contributed by atoms with van der Waals surface area (Å²) in [5.41, 5.74) is 1.72. The molecule has 2 aromatic rings. The number of hydrogen-bond acceptors (Lipinski definition) is 6. The second kappa shape index (κ2) is 11.4. The van der Waals surface area contributed by atoms with Crippen molar-refractivity contribution in [1.29, 1.82) is 0 Å². The van der Waals surface area contributed by atoms with Gasteiger partial charge in [-0.1, -0.05) is 56.0 Å². The first-order valence-electron chi connectivity index (χ1n) is 12.0. The van der Waals surface area contributed by atoms with Crippen LogP contribution in [0.25, 0.3) is 6.08 Å². The summed E-state index contributed by atoms with van der Waals surface area (Å²) in [7, 11) is 1.58. The Hall–Kier alpha value is -2.97. The van der Waals surface area contributed by atoms with Crippen LogP contribution in [0.5, 0.6) is 5.75 Å². The third-order valence-corrected chi connectivity index (χ3v) is 8.10. The number of methoxy groups -OCH3 is 1. The normalized spacial score (nSPS) is 22.4. The molecular formula is C28H30N2O4S2. The molecular weight excluding hydrogens is 492 g/mol. The molecule has 8 heteroatoms. The van der Waals surface area contributed by atoms with E-state index in [0.717, 1.165) is 18.7 Å². The number of thioether (sulfide) groups is 1. The smallest absolute Gasteiger partial charge is 0.247 e. The predicted octanol–water partition coefficient (Wildman–Crippen LogP) is 5.22. The molecule has 2 amide bonds. The Morgan fingerprint density at radius 2 is 1.72 bits per heavy atom. The molecule has 188 valence electrons.